The summed E-state index contributed by atoms with van der Waals surface area (Å²) in [6.07, 6.45) is -3.78. The van der Waals surface area contributed by atoms with Crippen molar-refractivity contribution in [3.63, 3.8) is 0 Å². The number of aliphatic hydroxyl groups is 1. The molecule has 0 aliphatic heterocycles. The lowest BCUT2D eigenvalue weighted by Crippen LogP contribution is -2.44. The first-order valence-corrected chi connectivity index (χ1v) is 4.71. The molecule has 0 aliphatic rings. The average molecular weight is 237 g/mol. The third-order valence-electron chi connectivity index (χ3n) is 1.84. The highest BCUT2D eigenvalue weighted by Gasteiger charge is 2.33. The lowest BCUT2D eigenvalue weighted by molar-refractivity contribution is -0.870. The molecule has 0 aromatic rings. The summed E-state index contributed by atoms with van der Waals surface area (Å²) in [5, 5.41) is 26.2. The van der Waals surface area contributed by atoms with Gasteiger partial charge in [0.05, 0.1) is 27.7 Å². The Labute approximate surface area is 94.9 Å². The van der Waals surface area contributed by atoms with Crippen molar-refractivity contribution < 1.29 is 35.6 Å². The highest BCUT2D eigenvalue weighted by atomic mass is 16.5. The summed E-state index contributed by atoms with van der Waals surface area (Å²) in [7, 11) is 5.65. The number of carbonyl (C=O) groups is 2. The van der Waals surface area contributed by atoms with E-state index in [-0.39, 0.29) is 8.03 Å². The van der Waals surface area contributed by atoms with Crippen LogP contribution in [0.4, 0.5) is 0 Å². The van der Waals surface area contributed by atoms with Gasteiger partial charge < -0.3 is 24.5 Å². The van der Waals surface area contributed by atoms with Gasteiger partial charge in [0.25, 0.3) is 0 Å². The predicted molar refractivity (Wildman–Crippen MR) is 55.0 cm³/mol. The summed E-state index contributed by atoms with van der Waals surface area (Å²) in [6.45, 7) is 0.570. The van der Waals surface area contributed by atoms with Crippen LogP contribution in [0.2, 0.25) is 0 Å². The van der Waals surface area contributed by atoms with E-state index in [1.54, 1.807) is 0 Å². The zero-order chi connectivity index (χ0) is 12.9. The minimum Gasteiger partial charge on any atom is -0.479 e. The molecule has 7 nitrogen and oxygen atoms in total. The largest absolute Gasteiger partial charge is 1.00 e. The Morgan fingerprint density at radius 2 is 1.75 bits per heavy atom. The van der Waals surface area contributed by atoms with Crippen LogP contribution in [-0.2, 0) is 14.3 Å². The minimum absolute atomic E-state index is 0. The third-order valence-corrected chi connectivity index (χ3v) is 1.84. The summed E-state index contributed by atoms with van der Waals surface area (Å²) in [4.78, 5) is 21.1. The van der Waals surface area contributed by atoms with Gasteiger partial charge in [-0.15, -0.1) is 0 Å². The Balaban J connectivity index is 0. The van der Waals surface area contributed by atoms with Crippen LogP contribution in [-0.4, -0.2) is 78.2 Å². The van der Waals surface area contributed by atoms with Crippen LogP contribution >= 0.6 is 0 Å². The van der Waals surface area contributed by atoms with Crippen LogP contribution in [0, 0.1) is 0 Å². The van der Waals surface area contributed by atoms with Gasteiger partial charge in [0.15, 0.2) is 12.2 Å². The predicted octanol–water partition coefficient (Wildman–Crippen LogP) is -1.28. The Morgan fingerprint density at radius 3 is 2.06 bits per heavy atom. The number of hydrogen-bond donors (Lipinski definition) is 3. The van der Waals surface area contributed by atoms with Crippen LogP contribution in [0.5, 0.6) is 0 Å². The topological polar surface area (TPSA) is 104 Å². The molecule has 0 saturated heterocycles. The molecule has 0 heterocycles. The molecular weight excluding hydrogens is 218 g/mol. The van der Waals surface area contributed by atoms with E-state index in [9.17, 15) is 9.59 Å². The molecule has 0 bridgehead atoms. The molecule has 16 heavy (non-hydrogen) atoms. The van der Waals surface area contributed by atoms with Crippen LogP contribution in [0.3, 0.4) is 0 Å². The molecule has 0 aromatic heterocycles. The van der Waals surface area contributed by atoms with Crippen LogP contribution < -0.4 is 0 Å². The van der Waals surface area contributed by atoms with E-state index in [0.717, 1.165) is 0 Å². The highest BCUT2D eigenvalue weighted by Crippen LogP contribution is 2.02. The molecular formula is C9H19NO6+2. The number of nitrogens with zero attached hydrogens (tertiary/aromatic N) is 1. The first kappa shape index (κ1) is 14.8. The lowest BCUT2D eigenvalue weighted by atomic mass is 10.2. The van der Waals surface area contributed by atoms with Crippen molar-refractivity contribution in [1.29, 1.82) is 0 Å². The van der Waals surface area contributed by atoms with Crippen molar-refractivity contribution in [3.8, 4) is 0 Å². The Morgan fingerprint density at radius 1 is 1.25 bits per heavy atom. The number of likely N-dealkylation sites (N-methyl/N-ethyl adjacent to an activating group) is 1. The second-order valence-corrected chi connectivity index (χ2v) is 4.43. The van der Waals surface area contributed by atoms with Crippen LogP contribution in [0.1, 0.15) is 1.43 Å². The van der Waals surface area contributed by atoms with E-state index < -0.39 is 24.1 Å². The standard InChI is InChI=1S/C9H17NO6/c1-10(2,3)4-5-16-7(9(14)15)6(11)8(12)13/h6-7,11H,4-5H2,1-3H3,(H-,12,13,14,15)/p+2. The fourth-order valence-electron chi connectivity index (χ4n) is 0.881. The van der Waals surface area contributed by atoms with E-state index in [2.05, 4.69) is 0 Å². The van der Waals surface area contributed by atoms with Gasteiger partial charge >= 0.3 is 13.4 Å². The molecule has 2 atom stereocenters. The number of carboxylic acids is 2. The Hall–Kier alpha value is -1.18. The number of carboxylic acid groups (broad SMARTS) is 2. The quantitative estimate of drug-likeness (QED) is 0.476. The van der Waals surface area contributed by atoms with Gasteiger partial charge in [0.1, 0.15) is 6.54 Å². The monoisotopic (exact) mass is 237 g/mol. The average Bonchev–Trinajstić information content (AvgIpc) is 2.08. The van der Waals surface area contributed by atoms with Gasteiger partial charge in [0, 0.05) is 0 Å². The number of aliphatic hydroxyl groups excluding tert-OH is 1. The van der Waals surface area contributed by atoms with Crippen molar-refractivity contribution in [2.75, 3.05) is 34.3 Å². The molecule has 0 spiro atoms. The van der Waals surface area contributed by atoms with Crippen molar-refractivity contribution in [2.45, 2.75) is 12.2 Å². The molecule has 3 N–H and O–H groups in total. The first-order chi connectivity index (χ1) is 7.15. The summed E-state index contributed by atoms with van der Waals surface area (Å²) >= 11 is 0. The number of quaternary nitrogens is 1. The first-order valence-electron chi connectivity index (χ1n) is 4.71. The van der Waals surface area contributed by atoms with Crippen LogP contribution in [0.15, 0.2) is 0 Å². The second-order valence-electron chi connectivity index (χ2n) is 4.43. The maximum absolute atomic E-state index is 10.6. The fourth-order valence-corrected chi connectivity index (χ4v) is 0.881. The van der Waals surface area contributed by atoms with Crippen molar-refractivity contribution in [2.24, 2.45) is 0 Å². The highest BCUT2D eigenvalue weighted by molar-refractivity contribution is 5.83. The van der Waals surface area contributed by atoms with Gasteiger partial charge in [-0.2, -0.15) is 0 Å². The zero-order valence-electron chi connectivity index (χ0n) is 10.6. The second kappa shape index (κ2) is 5.78. The molecule has 0 rings (SSSR count). The normalized spacial score (nSPS) is 15.5. The fraction of sp³-hybridized carbons (Fsp3) is 0.778. The molecule has 2 unspecified atom stereocenters. The number of ether oxygens (including phenoxy) is 1. The number of hydrogen-bond acceptors (Lipinski definition) is 4. The third kappa shape index (κ3) is 5.64. The van der Waals surface area contributed by atoms with Crippen molar-refractivity contribution in [1.82, 2.24) is 0 Å². The van der Waals surface area contributed by atoms with Gasteiger partial charge in [-0.25, -0.2) is 9.59 Å². The zero-order valence-corrected chi connectivity index (χ0v) is 9.58. The number of rotatable bonds is 7. The lowest BCUT2D eigenvalue weighted by Gasteiger charge is -2.25. The summed E-state index contributed by atoms with van der Waals surface area (Å²) in [6, 6.07) is 0. The van der Waals surface area contributed by atoms with Gasteiger partial charge in [-0.05, 0) is 0 Å². The summed E-state index contributed by atoms with van der Waals surface area (Å²) < 4.78 is 5.41. The minimum atomic E-state index is -2.05. The van der Waals surface area contributed by atoms with Gasteiger partial charge in [-0.3, -0.25) is 0 Å². The van der Waals surface area contributed by atoms with Gasteiger partial charge in [-0.1, -0.05) is 0 Å². The molecule has 0 saturated carbocycles. The molecule has 0 amide bonds. The Kier molecular flexibility index (Phi) is 5.36. The molecule has 0 radical (unpaired) electrons. The molecule has 94 valence electrons. The summed E-state index contributed by atoms with van der Waals surface area (Å²) in [5.74, 6) is -3.10. The summed E-state index contributed by atoms with van der Waals surface area (Å²) in [5.41, 5.74) is 0. The van der Waals surface area contributed by atoms with E-state index in [0.29, 0.717) is 11.0 Å². The maximum atomic E-state index is 10.6. The Bertz CT molecular complexity index is 265. The van der Waals surface area contributed by atoms with Crippen molar-refractivity contribution in [3.05, 3.63) is 0 Å². The molecule has 0 fully saturated rings. The molecule has 7 heteroatoms. The SMILES string of the molecule is C[N+](C)(C)CCOC(C(=O)O)C(O)C(=O)O.[H+]. The van der Waals surface area contributed by atoms with Crippen molar-refractivity contribution >= 4 is 11.9 Å². The molecule has 0 aliphatic carbocycles. The smallest absolute Gasteiger partial charge is 0.479 e. The maximum Gasteiger partial charge on any atom is 1.00 e. The molecule has 0 aromatic carbocycles. The van der Waals surface area contributed by atoms with E-state index >= 15 is 0 Å². The number of aliphatic carboxylic acids is 2. The van der Waals surface area contributed by atoms with E-state index in [4.69, 9.17) is 20.1 Å². The van der Waals surface area contributed by atoms with Gasteiger partial charge in [0.2, 0.25) is 0 Å². The van der Waals surface area contributed by atoms with E-state index in [1.807, 2.05) is 21.1 Å². The van der Waals surface area contributed by atoms with E-state index in [1.165, 1.54) is 0 Å². The van der Waals surface area contributed by atoms with Crippen LogP contribution in [0.25, 0.3) is 0 Å².